The van der Waals surface area contributed by atoms with Crippen molar-refractivity contribution < 1.29 is 4.39 Å². The molecule has 2 atom stereocenters. The van der Waals surface area contributed by atoms with Crippen molar-refractivity contribution in [1.29, 1.82) is 0 Å². The van der Waals surface area contributed by atoms with Crippen molar-refractivity contribution in [3.8, 4) is 0 Å². The molecule has 0 unspecified atom stereocenters. The van der Waals surface area contributed by atoms with Crippen molar-refractivity contribution in [2.75, 3.05) is 26.2 Å². The van der Waals surface area contributed by atoms with E-state index in [0.717, 1.165) is 48.6 Å². The average molecular weight is 331 g/mol. The van der Waals surface area contributed by atoms with E-state index in [9.17, 15) is 4.39 Å². The summed E-state index contributed by atoms with van der Waals surface area (Å²) in [5.41, 5.74) is 2.30. The van der Waals surface area contributed by atoms with Crippen molar-refractivity contribution in [1.82, 2.24) is 14.8 Å². The molecular formula is C18H22FN3S. The molecule has 0 aliphatic carbocycles. The molecule has 0 amide bonds. The second-order valence-corrected chi connectivity index (χ2v) is 7.96. The first-order valence-corrected chi connectivity index (χ1v) is 9.14. The van der Waals surface area contributed by atoms with Crippen LogP contribution in [0.15, 0.2) is 29.6 Å². The van der Waals surface area contributed by atoms with E-state index >= 15 is 0 Å². The highest BCUT2D eigenvalue weighted by Crippen LogP contribution is 2.32. The SMILES string of the molecule is Cc1nc(CN2C[C@H]3CN(Cc4cccc(F)c4)C[C@H]3C2)cs1. The number of benzene rings is 1. The minimum Gasteiger partial charge on any atom is -0.298 e. The Morgan fingerprint density at radius 3 is 2.43 bits per heavy atom. The first-order chi connectivity index (χ1) is 11.2. The highest BCUT2D eigenvalue weighted by Gasteiger charge is 2.39. The van der Waals surface area contributed by atoms with Gasteiger partial charge in [0.05, 0.1) is 10.7 Å². The monoisotopic (exact) mass is 331 g/mol. The number of aromatic nitrogens is 1. The van der Waals surface area contributed by atoms with E-state index in [4.69, 9.17) is 0 Å². The van der Waals surface area contributed by atoms with Gasteiger partial charge in [-0.2, -0.15) is 0 Å². The minimum atomic E-state index is -0.133. The third-order valence-corrected chi connectivity index (χ3v) is 5.81. The molecule has 3 nitrogen and oxygen atoms in total. The summed E-state index contributed by atoms with van der Waals surface area (Å²) in [7, 11) is 0. The summed E-state index contributed by atoms with van der Waals surface area (Å²) in [6, 6.07) is 7.00. The lowest BCUT2D eigenvalue weighted by Crippen LogP contribution is -2.28. The summed E-state index contributed by atoms with van der Waals surface area (Å²) in [5.74, 6) is 1.37. The summed E-state index contributed by atoms with van der Waals surface area (Å²) in [5, 5.41) is 3.33. The molecule has 0 spiro atoms. The maximum absolute atomic E-state index is 13.3. The molecule has 3 heterocycles. The van der Waals surface area contributed by atoms with Gasteiger partial charge in [-0.05, 0) is 36.5 Å². The molecule has 2 saturated heterocycles. The largest absolute Gasteiger partial charge is 0.298 e. The zero-order valence-electron chi connectivity index (χ0n) is 13.4. The van der Waals surface area contributed by atoms with Gasteiger partial charge in [0.1, 0.15) is 5.82 Å². The van der Waals surface area contributed by atoms with Gasteiger partial charge in [0.15, 0.2) is 0 Å². The molecule has 0 radical (unpaired) electrons. The van der Waals surface area contributed by atoms with Crippen molar-refractivity contribution in [3.05, 3.63) is 51.7 Å². The summed E-state index contributed by atoms with van der Waals surface area (Å²) >= 11 is 1.74. The number of fused-ring (bicyclic) bond motifs is 1. The number of likely N-dealkylation sites (tertiary alicyclic amines) is 2. The van der Waals surface area contributed by atoms with Crippen molar-refractivity contribution in [3.63, 3.8) is 0 Å². The smallest absolute Gasteiger partial charge is 0.123 e. The summed E-state index contributed by atoms with van der Waals surface area (Å²) in [6.45, 7) is 8.53. The number of aryl methyl sites for hydroxylation is 1. The van der Waals surface area contributed by atoms with E-state index in [-0.39, 0.29) is 5.82 Å². The van der Waals surface area contributed by atoms with Crippen LogP contribution in [0.2, 0.25) is 0 Å². The Labute approximate surface area is 140 Å². The fourth-order valence-corrected chi connectivity index (χ4v) is 4.65. The second-order valence-electron chi connectivity index (χ2n) is 6.90. The first-order valence-electron chi connectivity index (χ1n) is 8.26. The number of nitrogens with zero attached hydrogens (tertiary/aromatic N) is 3. The Bertz CT molecular complexity index is 672. The van der Waals surface area contributed by atoms with Crippen molar-refractivity contribution in [2.24, 2.45) is 11.8 Å². The molecule has 2 aromatic rings. The maximum atomic E-state index is 13.3. The van der Waals surface area contributed by atoms with Gasteiger partial charge in [-0.1, -0.05) is 12.1 Å². The van der Waals surface area contributed by atoms with E-state index in [0.29, 0.717) is 0 Å². The number of hydrogen-bond donors (Lipinski definition) is 0. The zero-order chi connectivity index (χ0) is 15.8. The van der Waals surface area contributed by atoms with Crippen molar-refractivity contribution >= 4 is 11.3 Å². The third kappa shape index (κ3) is 3.47. The molecule has 23 heavy (non-hydrogen) atoms. The van der Waals surface area contributed by atoms with Gasteiger partial charge < -0.3 is 0 Å². The van der Waals surface area contributed by atoms with Crippen LogP contribution in [0.4, 0.5) is 4.39 Å². The highest BCUT2D eigenvalue weighted by atomic mass is 32.1. The minimum absolute atomic E-state index is 0.133. The van der Waals surface area contributed by atoms with E-state index < -0.39 is 0 Å². The Hall–Kier alpha value is -1.30. The van der Waals surface area contributed by atoms with Gasteiger partial charge in [0, 0.05) is 44.6 Å². The normalized spacial score (nSPS) is 25.1. The lowest BCUT2D eigenvalue weighted by molar-refractivity contribution is 0.245. The van der Waals surface area contributed by atoms with Gasteiger partial charge in [0.2, 0.25) is 0 Å². The predicted molar refractivity (Wildman–Crippen MR) is 90.8 cm³/mol. The fraction of sp³-hybridized carbons (Fsp3) is 0.500. The Balaban J connectivity index is 1.31. The van der Waals surface area contributed by atoms with Crippen LogP contribution in [-0.4, -0.2) is 41.0 Å². The van der Waals surface area contributed by atoms with Gasteiger partial charge in [-0.15, -0.1) is 11.3 Å². The average Bonchev–Trinajstić information content (AvgIpc) is 3.14. The van der Waals surface area contributed by atoms with Crippen LogP contribution in [0.1, 0.15) is 16.3 Å². The van der Waals surface area contributed by atoms with Gasteiger partial charge >= 0.3 is 0 Å². The molecule has 2 aliphatic rings. The first kappa shape index (κ1) is 15.2. The van der Waals surface area contributed by atoms with E-state index in [2.05, 4.69) is 27.1 Å². The Morgan fingerprint density at radius 1 is 1.13 bits per heavy atom. The molecule has 1 aromatic carbocycles. The summed E-state index contributed by atoms with van der Waals surface area (Å²) < 4.78 is 13.3. The third-order valence-electron chi connectivity index (χ3n) is 4.98. The van der Waals surface area contributed by atoms with E-state index in [1.807, 2.05) is 6.07 Å². The quantitative estimate of drug-likeness (QED) is 0.858. The van der Waals surface area contributed by atoms with Crippen LogP contribution in [0, 0.1) is 24.6 Å². The van der Waals surface area contributed by atoms with Crippen molar-refractivity contribution in [2.45, 2.75) is 20.0 Å². The van der Waals surface area contributed by atoms with Crippen LogP contribution in [0.25, 0.3) is 0 Å². The molecule has 4 rings (SSSR count). The van der Waals surface area contributed by atoms with Crippen LogP contribution in [-0.2, 0) is 13.1 Å². The number of rotatable bonds is 4. The molecular weight excluding hydrogens is 309 g/mol. The number of thiazole rings is 1. The Morgan fingerprint density at radius 2 is 1.83 bits per heavy atom. The standard InChI is InChI=1S/C18H22FN3S/c1-13-20-18(12-23-13)11-22-9-15-7-21(8-16(15)10-22)6-14-3-2-4-17(19)5-14/h2-5,12,15-16H,6-11H2,1H3/t15-,16+. The fourth-order valence-electron chi connectivity index (χ4n) is 4.05. The number of halogens is 1. The van der Waals surface area contributed by atoms with Gasteiger partial charge in [0.25, 0.3) is 0 Å². The van der Waals surface area contributed by atoms with Crippen LogP contribution in [0.3, 0.4) is 0 Å². The Kier molecular flexibility index (Phi) is 4.18. The van der Waals surface area contributed by atoms with Gasteiger partial charge in [-0.3, -0.25) is 9.80 Å². The molecule has 2 fully saturated rings. The topological polar surface area (TPSA) is 19.4 Å². The maximum Gasteiger partial charge on any atom is 0.123 e. The van der Waals surface area contributed by atoms with Crippen LogP contribution >= 0.6 is 11.3 Å². The lowest BCUT2D eigenvalue weighted by Gasteiger charge is -2.21. The second kappa shape index (κ2) is 6.30. The van der Waals surface area contributed by atoms with E-state index in [1.165, 1.54) is 24.8 Å². The zero-order valence-corrected chi connectivity index (χ0v) is 14.2. The highest BCUT2D eigenvalue weighted by molar-refractivity contribution is 7.09. The molecule has 5 heteroatoms. The summed E-state index contributed by atoms with van der Waals surface area (Å²) in [4.78, 5) is 9.60. The molecule has 2 aliphatic heterocycles. The van der Waals surface area contributed by atoms with Crippen LogP contribution < -0.4 is 0 Å². The van der Waals surface area contributed by atoms with Gasteiger partial charge in [-0.25, -0.2) is 9.37 Å². The molecule has 0 N–H and O–H groups in total. The lowest BCUT2D eigenvalue weighted by atomic mass is 10.0. The molecule has 0 bridgehead atoms. The summed E-state index contributed by atoms with van der Waals surface area (Å²) in [6.07, 6.45) is 0. The van der Waals surface area contributed by atoms with E-state index in [1.54, 1.807) is 23.5 Å². The van der Waals surface area contributed by atoms with Crippen LogP contribution in [0.5, 0.6) is 0 Å². The predicted octanol–water partition coefficient (Wildman–Crippen LogP) is 3.15. The molecule has 1 aromatic heterocycles. The molecule has 0 saturated carbocycles. The molecule has 122 valence electrons. The number of hydrogen-bond acceptors (Lipinski definition) is 4.